The van der Waals surface area contributed by atoms with E-state index in [1.807, 2.05) is 18.2 Å². The fraction of sp³-hybridized carbons (Fsp3) is 0.222. The van der Waals surface area contributed by atoms with Crippen molar-refractivity contribution in [3.05, 3.63) is 23.2 Å². The fourth-order valence-corrected chi connectivity index (χ4v) is 3.01. The summed E-state index contributed by atoms with van der Waals surface area (Å²) in [6.07, 6.45) is 0. The second kappa shape index (κ2) is 4.31. The molecule has 0 saturated carbocycles. The van der Waals surface area contributed by atoms with Crippen molar-refractivity contribution in [1.29, 1.82) is 0 Å². The fourth-order valence-electron chi connectivity index (χ4n) is 1.15. The number of fused-ring (bicyclic) bond motifs is 1. The van der Waals surface area contributed by atoms with E-state index in [2.05, 4.69) is 52.8 Å². The van der Waals surface area contributed by atoms with Crippen molar-refractivity contribution in [2.24, 2.45) is 0 Å². The number of ether oxygens (including phenoxy) is 1. The van der Waals surface area contributed by atoms with Gasteiger partial charge in [-0.15, -0.1) is 11.3 Å². The molecule has 0 N–H and O–H groups in total. The Labute approximate surface area is 116 Å². The first kappa shape index (κ1) is 11.8. The minimum Gasteiger partial charge on any atom is -0.497 e. The molecule has 1 aromatic heterocycles. The number of methoxy groups -OCH3 is 1. The van der Waals surface area contributed by atoms with Crippen molar-refractivity contribution >= 4 is 69.3 Å². The predicted molar refractivity (Wildman–Crippen MR) is 74.6 cm³/mol. The van der Waals surface area contributed by atoms with Gasteiger partial charge >= 0.3 is 0 Å². The Morgan fingerprint density at radius 3 is 2.67 bits per heavy atom. The van der Waals surface area contributed by atoms with Crippen molar-refractivity contribution in [2.75, 3.05) is 7.11 Å². The van der Waals surface area contributed by atoms with Gasteiger partial charge in [-0.2, -0.15) is 0 Å². The quantitative estimate of drug-likeness (QED) is 0.635. The molecule has 1 heterocycles. The molecule has 15 heavy (non-hydrogen) atoms. The van der Waals surface area contributed by atoms with Gasteiger partial charge in [0.05, 0.1) is 17.3 Å². The zero-order valence-corrected chi connectivity index (χ0v) is 13.2. The largest absolute Gasteiger partial charge is 0.497 e. The summed E-state index contributed by atoms with van der Waals surface area (Å²) in [5.74, 6) is 0.849. The summed E-state index contributed by atoms with van der Waals surface area (Å²) in [4.78, 5) is 4.48. The lowest BCUT2D eigenvalue weighted by atomic mass is 10.3. The third-order valence-corrected chi connectivity index (χ3v) is 4.89. The molecule has 0 spiro atoms. The standard InChI is InChI=1S/C9H6Br3NOS/c1-14-5-2-3-6-7(4-5)15-8(13-6)9(10,11)12/h2-4H,1H3. The monoisotopic (exact) mass is 413 g/mol. The van der Waals surface area contributed by atoms with E-state index >= 15 is 0 Å². The lowest BCUT2D eigenvalue weighted by Gasteiger charge is -2.05. The van der Waals surface area contributed by atoms with Crippen LogP contribution in [0.1, 0.15) is 5.01 Å². The van der Waals surface area contributed by atoms with Crippen molar-refractivity contribution in [2.45, 2.75) is 2.14 Å². The number of hydrogen-bond donors (Lipinski definition) is 0. The van der Waals surface area contributed by atoms with Crippen molar-refractivity contribution < 1.29 is 4.74 Å². The number of rotatable bonds is 1. The summed E-state index contributed by atoms with van der Waals surface area (Å²) >= 11 is 12.0. The van der Waals surface area contributed by atoms with Crippen LogP contribution in [0.4, 0.5) is 0 Å². The van der Waals surface area contributed by atoms with Crippen molar-refractivity contribution in [3.63, 3.8) is 0 Å². The molecule has 80 valence electrons. The van der Waals surface area contributed by atoms with Crippen LogP contribution in [-0.4, -0.2) is 12.1 Å². The van der Waals surface area contributed by atoms with Gasteiger partial charge in [-0.05, 0) is 18.2 Å². The van der Waals surface area contributed by atoms with Gasteiger partial charge in [0, 0.05) is 0 Å². The third-order valence-electron chi connectivity index (χ3n) is 1.84. The molecule has 0 bridgehead atoms. The number of nitrogens with zero attached hydrogens (tertiary/aromatic N) is 1. The number of alkyl halides is 3. The summed E-state index contributed by atoms with van der Waals surface area (Å²) in [6.45, 7) is 0. The lowest BCUT2D eigenvalue weighted by Crippen LogP contribution is -1.94. The second-order valence-electron chi connectivity index (χ2n) is 2.85. The van der Waals surface area contributed by atoms with E-state index in [0.717, 1.165) is 21.0 Å². The second-order valence-corrected chi connectivity index (χ2v) is 10.6. The van der Waals surface area contributed by atoms with Crippen LogP contribution in [0.15, 0.2) is 18.2 Å². The van der Waals surface area contributed by atoms with Crippen LogP contribution in [0.25, 0.3) is 10.2 Å². The Bertz CT molecular complexity index is 492. The van der Waals surface area contributed by atoms with Crippen molar-refractivity contribution in [3.8, 4) is 5.75 Å². The summed E-state index contributed by atoms with van der Waals surface area (Å²) in [6, 6.07) is 5.84. The zero-order valence-electron chi connectivity index (χ0n) is 7.63. The number of thiazole rings is 1. The van der Waals surface area contributed by atoms with E-state index in [4.69, 9.17) is 4.74 Å². The molecular formula is C9H6Br3NOS. The van der Waals surface area contributed by atoms with Gasteiger partial charge in [0.15, 0.2) is 2.14 Å². The topological polar surface area (TPSA) is 22.1 Å². The number of benzene rings is 1. The van der Waals surface area contributed by atoms with Gasteiger partial charge in [0.2, 0.25) is 0 Å². The molecular weight excluding hydrogens is 410 g/mol. The van der Waals surface area contributed by atoms with Gasteiger partial charge in [-0.3, -0.25) is 0 Å². The minimum absolute atomic E-state index is 0.441. The highest BCUT2D eigenvalue weighted by Crippen LogP contribution is 2.47. The van der Waals surface area contributed by atoms with Gasteiger partial charge in [0.1, 0.15) is 10.8 Å². The van der Waals surface area contributed by atoms with Crippen LogP contribution in [-0.2, 0) is 2.14 Å². The predicted octanol–water partition coefficient (Wildman–Crippen LogP) is 4.60. The Balaban J connectivity index is 2.56. The average molecular weight is 416 g/mol. The summed E-state index contributed by atoms with van der Waals surface area (Å²) in [5.41, 5.74) is 0.971. The van der Waals surface area contributed by atoms with E-state index in [1.54, 1.807) is 18.4 Å². The number of halogens is 3. The van der Waals surface area contributed by atoms with Gasteiger partial charge < -0.3 is 4.74 Å². The summed E-state index contributed by atoms with van der Waals surface area (Å²) < 4.78 is 5.82. The van der Waals surface area contributed by atoms with Crippen LogP contribution >= 0.6 is 59.1 Å². The maximum Gasteiger partial charge on any atom is 0.186 e. The molecule has 0 amide bonds. The summed E-state index contributed by atoms with van der Waals surface area (Å²) in [7, 11) is 1.66. The van der Waals surface area contributed by atoms with Crippen molar-refractivity contribution in [1.82, 2.24) is 4.98 Å². The third kappa shape index (κ3) is 2.54. The van der Waals surface area contributed by atoms with E-state index in [1.165, 1.54) is 0 Å². The van der Waals surface area contributed by atoms with Crippen LogP contribution in [0.2, 0.25) is 0 Å². The van der Waals surface area contributed by atoms with E-state index in [9.17, 15) is 0 Å². The van der Waals surface area contributed by atoms with E-state index in [-0.39, 0.29) is 0 Å². The Morgan fingerprint density at radius 1 is 1.33 bits per heavy atom. The molecule has 1 aromatic carbocycles. The maximum absolute atomic E-state index is 5.16. The molecule has 0 fully saturated rings. The first-order valence-corrected chi connectivity index (χ1v) is 7.22. The van der Waals surface area contributed by atoms with Crippen LogP contribution in [0.3, 0.4) is 0 Å². The smallest absolute Gasteiger partial charge is 0.186 e. The molecule has 0 aliphatic heterocycles. The molecule has 0 atom stereocenters. The highest BCUT2D eigenvalue weighted by molar-refractivity contribution is 9.38. The molecule has 0 aliphatic carbocycles. The maximum atomic E-state index is 5.16. The molecule has 0 saturated heterocycles. The van der Waals surface area contributed by atoms with E-state index < -0.39 is 2.14 Å². The Hall–Kier alpha value is 0.350. The molecule has 0 unspecified atom stereocenters. The minimum atomic E-state index is -0.441. The highest BCUT2D eigenvalue weighted by Gasteiger charge is 2.25. The number of hydrogen-bond acceptors (Lipinski definition) is 3. The summed E-state index contributed by atoms with van der Waals surface area (Å²) in [5, 5.41) is 0.922. The molecule has 0 aliphatic rings. The molecule has 2 rings (SSSR count). The van der Waals surface area contributed by atoms with Gasteiger partial charge in [-0.1, -0.05) is 47.8 Å². The lowest BCUT2D eigenvalue weighted by molar-refractivity contribution is 0.415. The molecule has 6 heteroatoms. The molecule has 2 nitrogen and oxygen atoms in total. The Morgan fingerprint density at radius 2 is 2.07 bits per heavy atom. The first-order chi connectivity index (χ1) is 7.00. The van der Waals surface area contributed by atoms with Crippen LogP contribution in [0.5, 0.6) is 5.75 Å². The number of aromatic nitrogens is 1. The SMILES string of the molecule is COc1ccc2nc(C(Br)(Br)Br)sc2c1. The van der Waals surface area contributed by atoms with Crippen LogP contribution < -0.4 is 4.74 Å². The van der Waals surface area contributed by atoms with Crippen LogP contribution in [0, 0.1) is 0 Å². The molecule has 0 radical (unpaired) electrons. The Kier molecular flexibility index (Phi) is 3.40. The normalized spacial score (nSPS) is 12.0. The first-order valence-electron chi connectivity index (χ1n) is 4.02. The average Bonchev–Trinajstić information content (AvgIpc) is 2.59. The van der Waals surface area contributed by atoms with Gasteiger partial charge in [-0.25, -0.2) is 4.98 Å². The van der Waals surface area contributed by atoms with Gasteiger partial charge in [0.25, 0.3) is 0 Å². The molecule has 2 aromatic rings. The zero-order chi connectivity index (χ0) is 11.1. The van der Waals surface area contributed by atoms with E-state index in [0.29, 0.717) is 0 Å². The highest BCUT2D eigenvalue weighted by atomic mass is 80.0.